The molecule has 0 aliphatic carbocycles. The van der Waals surface area contributed by atoms with Crippen molar-refractivity contribution in [2.75, 3.05) is 23.5 Å². The molecule has 138 valence electrons. The summed E-state index contributed by atoms with van der Waals surface area (Å²) < 4.78 is 44.7. The Hall–Kier alpha value is -3.12. The molecule has 1 heterocycles. The summed E-state index contributed by atoms with van der Waals surface area (Å²) in [4.78, 5) is 17.9. The Morgan fingerprint density at radius 2 is 1.78 bits per heavy atom. The Morgan fingerprint density at radius 3 is 2.33 bits per heavy atom. The normalized spacial score (nSPS) is 14.5. The first-order valence-electron chi connectivity index (χ1n) is 7.63. The van der Waals surface area contributed by atoms with Gasteiger partial charge in [-0.05, 0) is 48.6 Å². The fourth-order valence-electron chi connectivity index (χ4n) is 2.71. The smallest absolute Gasteiger partial charge is 0.407 e. The largest absolute Gasteiger partial charge is 0.497 e. The number of benzene rings is 2. The van der Waals surface area contributed by atoms with Gasteiger partial charge in [-0.25, -0.2) is 4.85 Å². The maximum Gasteiger partial charge on any atom is 0.407 e. The molecule has 0 N–H and O–H groups in total. The van der Waals surface area contributed by atoms with E-state index in [1.54, 1.807) is 24.3 Å². The van der Waals surface area contributed by atoms with Gasteiger partial charge >= 0.3 is 6.18 Å². The van der Waals surface area contributed by atoms with E-state index in [4.69, 9.17) is 23.5 Å². The molecule has 0 atom stereocenters. The molecule has 5 nitrogen and oxygen atoms in total. The number of thiocarbonyl (C=S) groups is 1. The van der Waals surface area contributed by atoms with Gasteiger partial charge in [-0.2, -0.15) is 13.2 Å². The topological polar surface area (TPSA) is 37.1 Å². The van der Waals surface area contributed by atoms with E-state index in [2.05, 4.69) is 4.85 Å². The van der Waals surface area contributed by atoms with E-state index in [1.807, 2.05) is 0 Å². The summed E-state index contributed by atoms with van der Waals surface area (Å²) in [7, 11) is 1.52. The van der Waals surface area contributed by atoms with E-state index in [-0.39, 0.29) is 17.3 Å². The van der Waals surface area contributed by atoms with Gasteiger partial charge in [-0.15, -0.1) is 0 Å². The zero-order chi connectivity index (χ0) is 19.8. The summed E-state index contributed by atoms with van der Waals surface area (Å²) in [6, 6.07) is 9.88. The molecule has 1 aliphatic rings. The number of hydrogen-bond acceptors (Lipinski definition) is 3. The molecular formula is C18H12F3N3O2S. The van der Waals surface area contributed by atoms with Crippen LogP contribution in [0.2, 0.25) is 0 Å². The summed E-state index contributed by atoms with van der Waals surface area (Å²) in [5.41, 5.74) is -1.05. The monoisotopic (exact) mass is 391 g/mol. The first kappa shape index (κ1) is 18.7. The minimum absolute atomic E-state index is 0.0271. The number of halogens is 3. The van der Waals surface area contributed by atoms with Crippen molar-refractivity contribution in [1.82, 2.24) is 0 Å². The summed E-state index contributed by atoms with van der Waals surface area (Å²) in [6.07, 6.45) is -4.71. The minimum Gasteiger partial charge on any atom is -0.497 e. The number of hydrogen-bond donors (Lipinski definition) is 0. The molecule has 0 spiro atoms. The summed E-state index contributed by atoms with van der Waals surface area (Å²) in [5, 5.41) is 0.0638. The fourth-order valence-corrected chi connectivity index (χ4v) is 3.08. The van der Waals surface area contributed by atoms with Gasteiger partial charge in [0.25, 0.3) is 5.91 Å². The van der Waals surface area contributed by atoms with Gasteiger partial charge < -0.3 is 9.64 Å². The molecule has 0 unspecified atom stereocenters. The first-order valence-corrected chi connectivity index (χ1v) is 8.04. The average Bonchev–Trinajstić information content (AvgIpc) is 2.95. The van der Waals surface area contributed by atoms with E-state index in [9.17, 15) is 18.0 Å². The molecule has 1 saturated heterocycles. The number of alkyl halides is 3. The Labute approximate surface area is 158 Å². The molecule has 2 aromatic rings. The van der Waals surface area contributed by atoms with Gasteiger partial charge in [0.15, 0.2) is 10.8 Å². The van der Waals surface area contributed by atoms with Crippen LogP contribution in [0.1, 0.15) is 5.56 Å². The van der Waals surface area contributed by atoms with Crippen LogP contribution in [0.15, 0.2) is 42.5 Å². The Balaban J connectivity index is 1.97. The average molecular weight is 391 g/mol. The van der Waals surface area contributed by atoms with Gasteiger partial charge in [-0.1, -0.05) is 6.07 Å². The van der Waals surface area contributed by atoms with Gasteiger partial charge in [0.2, 0.25) is 0 Å². The van der Waals surface area contributed by atoms with Crippen LogP contribution in [-0.2, 0) is 11.0 Å². The highest BCUT2D eigenvalue weighted by Gasteiger charge is 2.38. The zero-order valence-electron chi connectivity index (χ0n) is 13.9. The lowest BCUT2D eigenvalue weighted by Gasteiger charge is -2.21. The molecule has 2 aromatic carbocycles. The van der Waals surface area contributed by atoms with Gasteiger partial charge in [0, 0.05) is 11.4 Å². The highest BCUT2D eigenvalue weighted by atomic mass is 32.1. The number of nitrogens with zero attached hydrogens (tertiary/aromatic N) is 3. The zero-order valence-corrected chi connectivity index (χ0v) is 14.8. The van der Waals surface area contributed by atoms with Crippen molar-refractivity contribution >= 4 is 40.3 Å². The van der Waals surface area contributed by atoms with Crippen LogP contribution in [0.3, 0.4) is 0 Å². The number of anilines is 2. The number of ether oxygens (including phenoxy) is 1. The fraction of sp³-hybridized carbons (Fsp3) is 0.167. The van der Waals surface area contributed by atoms with Crippen LogP contribution in [-0.4, -0.2) is 24.7 Å². The SMILES string of the molecule is [C-]#[N+]c1ccc(N2C(=O)CN(c3ccc(OC)cc3)C2=S)cc1C(F)(F)F. The van der Waals surface area contributed by atoms with Crippen molar-refractivity contribution in [3.63, 3.8) is 0 Å². The molecule has 1 amide bonds. The standard InChI is InChI=1S/C18H12F3N3O2S/c1-22-15-8-5-12(9-14(15)18(19,20)21)24-16(25)10-23(17(24)27)11-3-6-13(26-2)7-4-11/h3-9H,10H2,2H3. The molecule has 0 bridgehead atoms. The van der Waals surface area contributed by atoms with Gasteiger partial charge in [-0.3, -0.25) is 9.69 Å². The van der Waals surface area contributed by atoms with Crippen LogP contribution < -0.4 is 14.5 Å². The Morgan fingerprint density at radius 1 is 1.15 bits per heavy atom. The summed E-state index contributed by atoms with van der Waals surface area (Å²) in [5.74, 6) is 0.163. The molecule has 3 rings (SSSR count). The number of carbonyl (C=O) groups excluding carboxylic acids is 1. The third kappa shape index (κ3) is 3.44. The maximum atomic E-state index is 13.2. The van der Waals surface area contributed by atoms with Crippen LogP contribution in [0.5, 0.6) is 5.75 Å². The predicted octanol–water partition coefficient (Wildman–Crippen LogP) is 4.40. The number of methoxy groups -OCH3 is 1. The minimum atomic E-state index is -4.71. The van der Waals surface area contributed by atoms with E-state index in [0.29, 0.717) is 11.4 Å². The molecule has 9 heteroatoms. The second-order valence-electron chi connectivity index (χ2n) is 5.61. The molecular weight excluding hydrogens is 379 g/mol. The van der Waals surface area contributed by atoms with Crippen LogP contribution in [0.25, 0.3) is 4.85 Å². The lowest BCUT2D eigenvalue weighted by atomic mass is 10.1. The molecule has 1 aliphatic heterocycles. The second-order valence-corrected chi connectivity index (χ2v) is 5.97. The van der Waals surface area contributed by atoms with E-state index >= 15 is 0 Å². The van der Waals surface area contributed by atoms with Gasteiger partial charge in [0.1, 0.15) is 12.3 Å². The second kappa shape index (κ2) is 6.89. The maximum absolute atomic E-state index is 13.2. The molecule has 1 fully saturated rings. The molecule has 0 aromatic heterocycles. The third-order valence-corrected chi connectivity index (χ3v) is 4.42. The number of carbonyl (C=O) groups is 1. The Bertz CT molecular complexity index is 952. The van der Waals surface area contributed by atoms with E-state index in [0.717, 1.165) is 17.0 Å². The third-order valence-electron chi connectivity index (χ3n) is 4.01. The summed E-state index contributed by atoms with van der Waals surface area (Å²) >= 11 is 5.32. The summed E-state index contributed by atoms with van der Waals surface area (Å²) in [6.45, 7) is 6.80. The van der Waals surface area contributed by atoms with Crippen molar-refractivity contribution in [2.45, 2.75) is 6.18 Å². The molecule has 27 heavy (non-hydrogen) atoms. The van der Waals surface area contributed by atoms with Crippen molar-refractivity contribution in [3.8, 4) is 5.75 Å². The van der Waals surface area contributed by atoms with Crippen LogP contribution in [0.4, 0.5) is 30.2 Å². The number of amides is 1. The molecule has 0 radical (unpaired) electrons. The first-order chi connectivity index (χ1) is 12.8. The predicted molar refractivity (Wildman–Crippen MR) is 98.1 cm³/mol. The lowest BCUT2D eigenvalue weighted by molar-refractivity contribution is -0.136. The Kier molecular flexibility index (Phi) is 4.76. The van der Waals surface area contributed by atoms with Crippen molar-refractivity contribution in [1.29, 1.82) is 0 Å². The van der Waals surface area contributed by atoms with Crippen molar-refractivity contribution in [3.05, 3.63) is 59.4 Å². The highest BCUT2D eigenvalue weighted by molar-refractivity contribution is 7.81. The van der Waals surface area contributed by atoms with Crippen molar-refractivity contribution in [2.24, 2.45) is 0 Å². The van der Waals surface area contributed by atoms with E-state index in [1.165, 1.54) is 18.1 Å². The van der Waals surface area contributed by atoms with E-state index < -0.39 is 23.3 Å². The number of rotatable bonds is 3. The highest BCUT2D eigenvalue weighted by Crippen LogP contribution is 2.39. The lowest BCUT2D eigenvalue weighted by Crippen LogP contribution is -2.32. The van der Waals surface area contributed by atoms with Crippen LogP contribution >= 0.6 is 12.2 Å². The quantitative estimate of drug-likeness (QED) is 0.574. The molecule has 0 saturated carbocycles. The van der Waals surface area contributed by atoms with Crippen LogP contribution in [0, 0.1) is 6.57 Å². The van der Waals surface area contributed by atoms with Gasteiger partial charge in [0.05, 0.1) is 19.2 Å². The van der Waals surface area contributed by atoms with Crippen molar-refractivity contribution < 1.29 is 22.7 Å².